The summed E-state index contributed by atoms with van der Waals surface area (Å²) in [5.74, 6) is -0.713. The second kappa shape index (κ2) is 6.68. The molecule has 0 aliphatic carbocycles. The highest BCUT2D eigenvalue weighted by molar-refractivity contribution is 6.08. The molecule has 9 nitrogen and oxygen atoms in total. The maximum atomic E-state index is 13.2. The lowest BCUT2D eigenvalue weighted by atomic mass is 10.3. The molecule has 2 aromatic rings. The van der Waals surface area contributed by atoms with Gasteiger partial charge in [-0.05, 0) is 19.2 Å². The van der Waals surface area contributed by atoms with E-state index in [0.717, 1.165) is 11.9 Å². The van der Waals surface area contributed by atoms with Crippen molar-refractivity contribution in [1.29, 1.82) is 0 Å². The van der Waals surface area contributed by atoms with Crippen molar-refractivity contribution >= 4 is 17.8 Å². The molecule has 0 aromatic carbocycles. The summed E-state index contributed by atoms with van der Waals surface area (Å²) in [7, 11) is 0.864. The van der Waals surface area contributed by atoms with Crippen LogP contribution in [0.25, 0.3) is 0 Å². The maximum Gasteiger partial charge on any atom is 0.412 e. The second-order valence-corrected chi connectivity index (χ2v) is 5.23. The van der Waals surface area contributed by atoms with Gasteiger partial charge in [0.25, 0.3) is 5.91 Å². The van der Waals surface area contributed by atoms with Gasteiger partial charge in [-0.15, -0.1) is 0 Å². The summed E-state index contributed by atoms with van der Waals surface area (Å²) in [4.78, 5) is 39.1. The minimum atomic E-state index is -3.39. The largest absolute Gasteiger partial charge is 0.419 e. The van der Waals surface area contributed by atoms with Crippen LogP contribution in [0.4, 0.5) is 10.6 Å². The number of amides is 2. The number of pyridine rings is 1. The zero-order valence-corrected chi connectivity index (χ0v) is 13.4. The number of carbonyl (C=O) groups is 2. The van der Waals surface area contributed by atoms with Crippen molar-refractivity contribution in [1.82, 2.24) is 24.8 Å². The van der Waals surface area contributed by atoms with Gasteiger partial charge in [0, 0.05) is 50.1 Å². The predicted octanol–water partition coefficient (Wildman–Crippen LogP) is 0.915. The van der Waals surface area contributed by atoms with Gasteiger partial charge < -0.3 is 14.5 Å². The summed E-state index contributed by atoms with van der Waals surface area (Å²) >= 11 is 0. The number of hydrogen-bond donors (Lipinski definition) is 0. The number of aromatic nitrogens is 3. The summed E-state index contributed by atoms with van der Waals surface area (Å²) in [6.45, 7) is -13.1. The van der Waals surface area contributed by atoms with Crippen molar-refractivity contribution < 1.29 is 25.3 Å². The van der Waals surface area contributed by atoms with Gasteiger partial charge >= 0.3 is 6.09 Å². The van der Waals surface area contributed by atoms with E-state index in [0.29, 0.717) is 0 Å². The molecule has 134 valence electrons. The Bertz CT molecular complexity index is 1120. The van der Waals surface area contributed by atoms with E-state index < -0.39 is 44.2 Å². The molecule has 0 bridgehead atoms. The van der Waals surface area contributed by atoms with Gasteiger partial charge in [0.15, 0.2) is 5.69 Å². The van der Waals surface area contributed by atoms with Gasteiger partial charge in [0.05, 0.1) is 5.48 Å². The van der Waals surface area contributed by atoms with E-state index in [4.69, 9.17) is 15.7 Å². The third kappa shape index (κ3) is 2.86. The van der Waals surface area contributed by atoms with Crippen LogP contribution in [0.3, 0.4) is 0 Å². The van der Waals surface area contributed by atoms with Gasteiger partial charge in [-0.25, -0.2) is 19.7 Å². The number of carbonyl (C=O) groups excluding carboxylic acids is 2. The smallest absolute Gasteiger partial charge is 0.412 e. The van der Waals surface area contributed by atoms with Gasteiger partial charge in [-0.3, -0.25) is 9.78 Å². The summed E-state index contributed by atoms with van der Waals surface area (Å²) < 4.78 is 70.4. The number of anilines is 1. The van der Waals surface area contributed by atoms with Crippen molar-refractivity contribution in [2.24, 2.45) is 0 Å². The van der Waals surface area contributed by atoms with Crippen molar-refractivity contribution in [2.45, 2.75) is 6.23 Å². The normalized spacial score (nSPS) is 32.5. The van der Waals surface area contributed by atoms with Crippen LogP contribution in [0, 0.1) is 0 Å². The second-order valence-electron chi connectivity index (χ2n) is 5.23. The van der Waals surface area contributed by atoms with Crippen LogP contribution in [0.1, 0.15) is 33.4 Å². The van der Waals surface area contributed by atoms with E-state index >= 15 is 0 Å². The Balaban J connectivity index is 1.79. The molecular weight excluding hydrogens is 336 g/mol. The molecule has 4 rings (SSSR count). The Morgan fingerprint density at radius 1 is 1.15 bits per heavy atom. The molecule has 9 heteroatoms. The lowest BCUT2D eigenvalue weighted by Crippen LogP contribution is -2.48. The maximum absolute atomic E-state index is 13.2. The van der Waals surface area contributed by atoms with Crippen molar-refractivity contribution in [3.63, 3.8) is 0 Å². The van der Waals surface area contributed by atoms with Gasteiger partial charge in [0.2, 0.25) is 6.23 Å². The van der Waals surface area contributed by atoms with E-state index in [1.165, 1.54) is 24.7 Å². The first-order valence-corrected chi connectivity index (χ1v) is 7.47. The van der Waals surface area contributed by atoms with Crippen LogP contribution in [0.15, 0.2) is 36.8 Å². The van der Waals surface area contributed by atoms with Crippen molar-refractivity contribution in [3.05, 3.63) is 48.2 Å². The summed E-state index contributed by atoms with van der Waals surface area (Å²) in [6, 6.07) is 4.56. The molecule has 2 aromatic heterocycles. The molecule has 0 saturated carbocycles. The first-order chi connectivity index (χ1) is 15.7. The molecule has 1 fully saturated rings. The third-order valence-corrected chi connectivity index (χ3v) is 3.57. The highest BCUT2D eigenvalue weighted by Crippen LogP contribution is 2.35. The van der Waals surface area contributed by atoms with Crippen LogP contribution in [-0.2, 0) is 4.74 Å². The molecule has 2 amide bonds. The van der Waals surface area contributed by atoms with E-state index in [1.807, 2.05) is 0 Å². The Morgan fingerprint density at radius 3 is 2.65 bits per heavy atom. The molecule has 4 heterocycles. The van der Waals surface area contributed by atoms with Crippen LogP contribution >= 0.6 is 0 Å². The molecule has 1 saturated heterocycles. The van der Waals surface area contributed by atoms with Crippen LogP contribution in [-0.4, -0.2) is 69.8 Å². The summed E-state index contributed by atoms with van der Waals surface area (Å²) in [5.41, 5.74) is -0.311. The van der Waals surface area contributed by atoms with Crippen LogP contribution in [0.5, 0.6) is 0 Å². The number of ether oxygens (including phenoxy) is 1. The Hall–Kier alpha value is -3.07. The average molecular weight is 362 g/mol. The molecule has 1 unspecified atom stereocenters. The molecule has 2 aliphatic heterocycles. The number of piperazine rings is 1. The highest BCUT2D eigenvalue weighted by atomic mass is 16.6. The SMILES string of the molecule is [2H]C1([2H])N(C)C([2H])([2H])C([2H])([2H])N(C(=O)OC2c3nccnc3C(=O)N2c2ccccn2)C1([2H])[2H]. The van der Waals surface area contributed by atoms with Crippen LogP contribution < -0.4 is 4.90 Å². The topological polar surface area (TPSA) is 91.8 Å². The highest BCUT2D eigenvalue weighted by Gasteiger charge is 2.44. The quantitative estimate of drug-likeness (QED) is 0.784. The van der Waals surface area contributed by atoms with Gasteiger partial charge in [-0.2, -0.15) is 0 Å². The number of hydrogen-bond acceptors (Lipinski definition) is 7. The van der Waals surface area contributed by atoms with Crippen molar-refractivity contribution in [3.8, 4) is 0 Å². The fraction of sp³-hybridized carbons (Fsp3) is 0.353. The predicted molar refractivity (Wildman–Crippen MR) is 91.4 cm³/mol. The third-order valence-electron chi connectivity index (χ3n) is 3.57. The first-order valence-electron chi connectivity index (χ1n) is 11.5. The molecule has 1 atom stereocenters. The molecule has 2 aliphatic rings. The number of likely N-dealkylation sites (N-methyl/N-ethyl adjacent to an activating group) is 1. The van der Waals surface area contributed by atoms with E-state index in [9.17, 15) is 9.59 Å². The number of fused-ring (bicyclic) bond motifs is 1. The number of nitrogens with zero attached hydrogens (tertiary/aromatic N) is 6. The first kappa shape index (κ1) is 9.58. The monoisotopic (exact) mass is 362 g/mol. The number of rotatable bonds is 2. The Labute approximate surface area is 161 Å². The lowest BCUT2D eigenvalue weighted by molar-refractivity contribution is 0.0476. The Kier molecular flexibility index (Phi) is 2.46. The molecule has 0 spiro atoms. The van der Waals surface area contributed by atoms with E-state index in [1.54, 1.807) is 12.1 Å². The standard InChI is InChI=1S/C17H18N6O3/c1-21-8-10-22(11-9-21)17(25)26-16-14-13(19-6-7-20-14)15(24)23(16)12-4-2-3-5-18-12/h2-7,16H,8-11H2,1H3/i8D2,9D2,10D2,11D2. The molecule has 0 radical (unpaired) electrons. The summed E-state index contributed by atoms with van der Waals surface area (Å²) in [5, 5.41) is 0. The fourth-order valence-corrected chi connectivity index (χ4v) is 2.41. The molecular formula is C17H18N6O3. The molecule has 0 N–H and O–H groups in total. The zero-order valence-electron chi connectivity index (χ0n) is 21.4. The Morgan fingerprint density at radius 2 is 1.92 bits per heavy atom. The average Bonchev–Trinajstić information content (AvgIpc) is 3.04. The van der Waals surface area contributed by atoms with Crippen molar-refractivity contribution in [2.75, 3.05) is 37.9 Å². The fourth-order valence-electron chi connectivity index (χ4n) is 2.41. The molecule has 26 heavy (non-hydrogen) atoms. The van der Waals surface area contributed by atoms with Crippen LogP contribution in [0.2, 0.25) is 0 Å². The summed E-state index contributed by atoms with van der Waals surface area (Å²) in [6.07, 6.45) is 0.417. The lowest BCUT2D eigenvalue weighted by Gasteiger charge is -2.33. The van der Waals surface area contributed by atoms with Gasteiger partial charge in [0.1, 0.15) is 11.5 Å². The minimum absolute atomic E-state index is 0.0279. The van der Waals surface area contributed by atoms with E-state index in [-0.39, 0.29) is 27.0 Å². The van der Waals surface area contributed by atoms with E-state index in [2.05, 4.69) is 15.0 Å². The zero-order chi connectivity index (χ0) is 25.3. The van der Waals surface area contributed by atoms with Gasteiger partial charge in [-0.1, -0.05) is 6.07 Å². The minimum Gasteiger partial charge on any atom is -0.419 e.